The van der Waals surface area contributed by atoms with Gasteiger partial charge in [0.1, 0.15) is 13.7 Å². The summed E-state index contributed by atoms with van der Waals surface area (Å²) in [7, 11) is 2.97. The molecule has 0 aliphatic heterocycles. The first-order valence-corrected chi connectivity index (χ1v) is 9.19. The number of nitrogens with one attached hydrogen (secondary N) is 1. The summed E-state index contributed by atoms with van der Waals surface area (Å²) in [6, 6.07) is 13.8. The smallest absolute Gasteiger partial charge is 0.273 e. The maximum absolute atomic E-state index is 12.3. The van der Waals surface area contributed by atoms with E-state index in [9.17, 15) is 4.79 Å². The number of hydrogen-bond donors (Lipinski definition) is 1. The maximum atomic E-state index is 12.3. The molecular formula is C22H27N3O3. The molecule has 0 saturated carbocycles. The van der Waals surface area contributed by atoms with Crippen LogP contribution in [0.5, 0.6) is 0 Å². The molecule has 6 heteroatoms. The van der Waals surface area contributed by atoms with Crippen molar-refractivity contribution in [2.45, 2.75) is 33.8 Å². The van der Waals surface area contributed by atoms with Crippen LogP contribution >= 0.6 is 0 Å². The molecule has 0 aliphatic carbocycles. The number of aryl methyl sites for hydroxylation is 2. The van der Waals surface area contributed by atoms with Crippen LogP contribution in [0.15, 0.2) is 52.8 Å². The van der Waals surface area contributed by atoms with Crippen molar-refractivity contribution in [1.82, 2.24) is 5.32 Å². The first kappa shape index (κ1) is 21.2. The van der Waals surface area contributed by atoms with Crippen LogP contribution in [0.1, 0.15) is 41.7 Å². The van der Waals surface area contributed by atoms with E-state index in [-0.39, 0.29) is 18.2 Å². The molecule has 0 aliphatic rings. The van der Waals surface area contributed by atoms with E-state index in [1.54, 1.807) is 7.05 Å². The van der Waals surface area contributed by atoms with Crippen molar-refractivity contribution in [3.05, 3.63) is 70.3 Å². The Balaban J connectivity index is 2.33. The summed E-state index contributed by atoms with van der Waals surface area (Å²) in [6.07, 6.45) is 0.793. The van der Waals surface area contributed by atoms with Crippen LogP contribution in [0.4, 0.5) is 0 Å². The first-order valence-electron chi connectivity index (χ1n) is 9.19. The SMILES string of the molecule is CCc1cccc(/C(=N\OC)C(=O)NC)c1CO/N=C(\C)c1cccc(C)c1. The van der Waals surface area contributed by atoms with E-state index >= 15 is 0 Å². The van der Waals surface area contributed by atoms with Crippen LogP contribution in [0.2, 0.25) is 0 Å². The molecule has 0 atom stereocenters. The van der Waals surface area contributed by atoms with Gasteiger partial charge in [0, 0.05) is 18.2 Å². The summed E-state index contributed by atoms with van der Waals surface area (Å²) in [6.45, 7) is 6.22. The highest BCUT2D eigenvalue weighted by atomic mass is 16.6. The summed E-state index contributed by atoms with van der Waals surface area (Å²) in [5.74, 6) is -0.323. The van der Waals surface area contributed by atoms with Crippen LogP contribution in [0.25, 0.3) is 0 Å². The van der Waals surface area contributed by atoms with Gasteiger partial charge in [-0.2, -0.15) is 0 Å². The second kappa shape index (κ2) is 10.3. The van der Waals surface area contributed by atoms with Gasteiger partial charge in [0.15, 0.2) is 5.71 Å². The van der Waals surface area contributed by atoms with Crippen LogP contribution in [0.3, 0.4) is 0 Å². The minimum atomic E-state index is -0.323. The maximum Gasteiger partial charge on any atom is 0.273 e. The van der Waals surface area contributed by atoms with Crippen molar-refractivity contribution in [3.63, 3.8) is 0 Å². The lowest BCUT2D eigenvalue weighted by atomic mass is 9.96. The summed E-state index contributed by atoms with van der Waals surface area (Å²) in [5, 5.41) is 10.8. The number of carbonyl (C=O) groups is 1. The third-order valence-electron chi connectivity index (χ3n) is 4.38. The van der Waals surface area contributed by atoms with Crippen LogP contribution < -0.4 is 5.32 Å². The van der Waals surface area contributed by atoms with Gasteiger partial charge in [-0.25, -0.2) is 0 Å². The van der Waals surface area contributed by atoms with Crippen molar-refractivity contribution in [1.29, 1.82) is 0 Å². The summed E-state index contributed by atoms with van der Waals surface area (Å²) in [5.41, 5.74) is 5.77. The fraction of sp³-hybridized carbons (Fsp3) is 0.318. The molecule has 28 heavy (non-hydrogen) atoms. The average Bonchev–Trinajstić information content (AvgIpc) is 2.71. The Morgan fingerprint density at radius 1 is 1.14 bits per heavy atom. The molecule has 0 aromatic heterocycles. The molecule has 6 nitrogen and oxygen atoms in total. The molecule has 148 valence electrons. The van der Waals surface area contributed by atoms with Gasteiger partial charge in [0.25, 0.3) is 5.91 Å². The van der Waals surface area contributed by atoms with E-state index < -0.39 is 0 Å². The molecule has 0 bridgehead atoms. The third kappa shape index (κ3) is 5.19. The highest BCUT2D eigenvalue weighted by Crippen LogP contribution is 2.19. The van der Waals surface area contributed by atoms with Crippen LogP contribution in [-0.2, 0) is 27.5 Å². The number of nitrogens with zero attached hydrogens (tertiary/aromatic N) is 2. The minimum Gasteiger partial charge on any atom is -0.398 e. The summed E-state index contributed by atoms with van der Waals surface area (Å²) in [4.78, 5) is 22.8. The Labute approximate surface area is 166 Å². The second-order valence-electron chi connectivity index (χ2n) is 6.32. The standard InChI is InChI=1S/C22H27N3O3/c1-6-17-10-8-12-19(21(25-27-5)22(26)23-4)20(17)14-28-24-16(3)18-11-7-9-15(2)13-18/h7-13H,6,14H2,1-5H3,(H,23,26)/b24-16+,25-21+. The topological polar surface area (TPSA) is 72.3 Å². The van der Waals surface area contributed by atoms with Gasteiger partial charge in [0.2, 0.25) is 0 Å². The lowest BCUT2D eigenvalue weighted by Crippen LogP contribution is -2.29. The van der Waals surface area contributed by atoms with Gasteiger partial charge in [-0.05, 0) is 31.4 Å². The number of likely N-dealkylation sites (N-methyl/N-ethyl adjacent to an activating group) is 1. The monoisotopic (exact) mass is 381 g/mol. The zero-order valence-electron chi connectivity index (χ0n) is 17.1. The van der Waals surface area contributed by atoms with Gasteiger partial charge in [0.05, 0.1) is 5.71 Å². The van der Waals surface area contributed by atoms with Crippen molar-refractivity contribution in [3.8, 4) is 0 Å². The summed E-state index contributed by atoms with van der Waals surface area (Å²) >= 11 is 0. The average molecular weight is 381 g/mol. The van der Waals surface area contributed by atoms with Crippen LogP contribution in [-0.4, -0.2) is 31.5 Å². The van der Waals surface area contributed by atoms with Crippen molar-refractivity contribution in [2.24, 2.45) is 10.3 Å². The lowest BCUT2D eigenvalue weighted by Gasteiger charge is -2.14. The lowest BCUT2D eigenvalue weighted by molar-refractivity contribution is -0.114. The number of benzene rings is 2. The van der Waals surface area contributed by atoms with E-state index in [2.05, 4.69) is 28.6 Å². The normalized spacial score (nSPS) is 11.9. The predicted molar refractivity (Wildman–Crippen MR) is 112 cm³/mol. The van der Waals surface area contributed by atoms with Crippen molar-refractivity contribution >= 4 is 17.3 Å². The number of hydrogen-bond acceptors (Lipinski definition) is 5. The number of rotatable bonds is 8. The van der Waals surface area contributed by atoms with E-state index in [4.69, 9.17) is 9.68 Å². The van der Waals surface area contributed by atoms with E-state index in [1.165, 1.54) is 7.11 Å². The van der Waals surface area contributed by atoms with Crippen molar-refractivity contribution < 1.29 is 14.5 Å². The second-order valence-corrected chi connectivity index (χ2v) is 6.32. The molecule has 2 rings (SSSR count). The molecule has 1 N–H and O–H groups in total. The number of oxime groups is 2. The highest BCUT2D eigenvalue weighted by Gasteiger charge is 2.19. The Morgan fingerprint density at radius 3 is 2.54 bits per heavy atom. The van der Waals surface area contributed by atoms with Crippen LogP contribution in [0, 0.1) is 6.92 Å². The summed E-state index contributed by atoms with van der Waals surface area (Å²) < 4.78 is 0. The van der Waals surface area contributed by atoms with Gasteiger partial charge in [-0.15, -0.1) is 0 Å². The molecule has 2 aromatic carbocycles. The van der Waals surface area contributed by atoms with Gasteiger partial charge >= 0.3 is 0 Å². The molecule has 2 aromatic rings. The van der Waals surface area contributed by atoms with Gasteiger partial charge < -0.3 is 15.0 Å². The highest BCUT2D eigenvalue weighted by molar-refractivity contribution is 6.45. The number of amides is 1. The van der Waals surface area contributed by atoms with Gasteiger partial charge in [-0.3, -0.25) is 4.79 Å². The third-order valence-corrected chi connectivity index (χ3v) is 4.38. The predicted octanol–water partition coefficient (Wildman–Crippen LogP) is 3.59. The Hall–Kier alpha value is -3.15. The molecule has 0 heterocycles. The zero-order valence-corrected chi connectivity index (χ0v) is 17.1. The molecular weight excluding hydrogens is 354 g/mol. The van der Waals surface area contributed by atoms with E-state index in [0.29, 0.717) is 5.56 Å². The molecule has 0 fully saturated rings. The fourth-order valence-corrected chi connectivity index (χ4v) is 2.90. The van der Waals surface area contributed by atoms with Crippen molar-refractivity contribution in [2.75, 3.05) is 14.2 Å². The van der Waals surface area contributed by atoms with E-state index in [0.717, 1.165) is 34.4 Å². The minimum absolute atomic E-state index is 0.207. The Bertz CT molecular complexity index is 888. The Kier molecular flexibility index (Phi) is 7.75. The fourth-order valence-electron chi connectivity index (χ4n) is 2.90. The molecule has 0 radical (unpaired) electrons. The van der Waals surface area contributed by atoms with Gasteiger partial charge in [-0.1, -0.05) is 65.3 Å². The zero-order chi connectivity index (χ0) is 20.5. The molecule has 0 unspecified atom stereocenters. The largest absolute Gasteiger partial charge is 0.398 e. The molecule has 0 spiro atoms. The Morgan fingerprint density at radius 2 is 1.89 bits per heavy atom. The molecule has 1 amide bonds. The first-order chi connectivity index (χ1) is 13.5. The quantitative estimate of drug-likeness (QED) is 0.561. The number of carbonyl (C=O) groups excluding carboxylic acids is 1. The van der Waals surface area contributed by atoms with E-state index in [1.807, 2.05) is 50.2 Å². The molecule has 0 saturated heterocycles.